The Morgan fingerprint density at radius 2 is 2.24 bits per heavy atom. The van der Waals surface area contributed by atoms with Crippen LogP contribution < -0.4 is 11.3 Å². The van der Waals surface area contributed by atoms with Gasteiger partial charge in [-0.2, -0.15) is 4.80 Å². The molecule has 0 saturated heterocycles. The molecule has 0 aliphatic heterocycles. The highest BCUT2D eigenvalue weighted by atomic mass is 16.2. The largest absolute Gasteiger partial charge is 0.293 e. The van der Waals surface area contributed by atoms with Gasteiger partial charge >= 0.3 is 0 Å². The molecule has 88 valence electrons. The van der Waals surface area contributed by atoms with Gasteiger partial charge in [0.05, 0.1) is 0 Å². The number of tetrazole rings is 1. The minimum absolute atomic E-state index is 0.0462. The van der Waals surface area contributed by atoms with E-state index >= 15 is 0 Å². The Hall–Kier alpha value is -2.28. The van der Waals surface area contributed by atoms with Crippen molar-refractivity contribution < 1.29 is 4.79 Å². The number of hydrogen-bond acceptors (Lipinski definition) is 5. The first-order valence-electron chi connectivity index (χ1n) is 5.04. The molecule has 0 fully saturated rings. The highest BCUT2D eigenvalue weighted by molar-refractivity contribution is 5.74. The van der Waals surface area contributed by atoms with Crippen molar-refractivity contribution in [2.45, 2.75) is 13.5 Å². The summed E-state index contributed by atoms with van der Waals surface area (Å²) in [4.78, 5) is 12.2. The Morgan fingerprint density at radius 1 is 1.47 bits per heavy atom. The fourth-order valence-corrected chi connectivity index (χ4v) is 1.42. The standard InChI is InChI=1S/C10H12N6O/c1-7-4-2-3-5-8(7)10-13-15-16(14-10)6-9(17)12-11/h2-5H,6,11H2,1H3,(H,12,17). The van der Waals surface area contributed by atoms with E-state index in [0.29, 0.717) is 5.82 Å². The minimum atomic E-state index is -0.376. The molecule has 2 aromatic rings. The molecule has 1 heterocycles. The van der Waals surface area contributed by atoms with Crippen LogP contribution in [0.25, 0.3) is 11.4 Å². The summed E-state index contributed by atoms with van der Waals surface area (Å²) in [6, 6.07) is 7.70. The molecule has 0 bridgehead atoms. The molecule has 0 atom stereocenters. The molecule has 0 aliphatic rings. The normalized spacial score (nSPS) is 10.2. The summed E-state index contributed by atoms with van der Waals surface area (Å²) in [7, 11) is 0. The van der Waals surface area contributed by atoms with Crippen molar-refractivity contribution in [3.05, 3.63) is 29.8 Å². The molecule has 1 amide bonds. The number of hydrazine groups is 1. The topological polar surface area (TPSA) is 98.7 Å². The zero-order chi connectivity index (χ0) is 12.3. The van der Waals surface area contributed by atoms with Crippen LogP contribution in [0.2, 0.25) is 0 Å². The SMILES string of the molecule is Cc1ccccc1-c1nnn(CC(=O)NN)n1. The van der Waals surface area contributed by atoms with Crippen molar-refractivity contribution in [3.8, 4) is 11.4 Å². The van der Waals surface area contributed by atoms with Gasteiger partial charge in [-0.1, -0.05) is 24.3 Å². The summed E-state index contributed by atoms with van der Waals surface area (Å²) in [5.41, 5.74) is 3.95. The molecule has 2 rings (SSSR count). The number of amides is 1. The molecule has 0 unspecified atom stereocenters. The Bertz CT molecular complexity index is 535. The summed E-state index contributed by atoms with van der Waals surface area (Å²) < 4.78 is 0. The van der Waals surface area contributed by atoms with E-state index in [4.69, 9.17) is 5.84 Å². The van der Waals surface area contributed by atoms with Crippen LogP contribution in [-0.4, -0.2) is 26.1 Å². The summed E-state index contributed by atoms with van der Waals surface area (Å²) in [6.07, 6.45) is 0. The summed E-state index contributed by atoms with van der Waals surface area (Å²) in [5, 5.41) is 11.8. The lowest BCUT2D eigenvalue weighted by atomic mass is 10.1. The molecule has 0 radical (unpaired) electrons. The van der Waals surface area contributed by atoms with E-state index in [1.54, 1.807) is 0 Å². The Kier molecular flexibility index (Phi) is 3.10. The number of nitrogens with zero attached hydrogens (tertiary/aromatic N) is 4. The predicted molar refractivity (Wildman–Crippen MR) is 60.3 cm³/mol. The molecule has 1 aromatic carbocycles. The number of carbonyl (C=O) groups excluding carboxylic acids is 1. The molecule has 7 nitrogen and oxygen atoms in total. The maximum Gasteiger partial charge on any atom is 0.257 e. The fraction of sp³-hybridized carbons (Fsp3) is 0.200. The molecular formula is C10H12N6O. The summed E-state index contributed by atoms with van der Waals surface area (Å²) in [6.45, 7) is 1.91. The number of rotatable bonds is 3. The van der Waals surface area contributed by atoms with Gasteiger partial charge in [-0.05, 0) is 17.7 Å². The maximum atomic E-state index is 11.0. The fourth-order valence-electron chi connectivity index (χ4n) is 1.42. The zero-order valence-electron chi connectivity index (χ0n) is 9.29. The van der Waals surface area contributed by atoms with Crippen molar-refractivity contribution in [1.82, 2.24) is 25.6 Å². The third-order valence-corrected chi connectivity index (χ3v) is 2.28. The van der Waals surface area contributed by atoms with Crippen molar-refractivity contribution in [3.63, 3.8) is 0 Å². The van der Waals surface area contributed by atoms with Crippen LogP contribution in [-0.2, 0) is 11.3 Å². The third kappa shape index (κ3) is 2.45. The van der Waals surface area contributed by atoms with Crippen molar-refractivity contribution in [1.29, 1.82) is 0 Å². The molecule has 7 heteroatoms. The number of hydrogen-bond donors (Lipinski definition) is 2. The first-order chi connectivity index (χ1) is 8.20. The van der Waals surface area contributed by atoms with Gasteiger partial charge in [0.15, 0.2) is 0 Å². The Morgan fingerprint density at radius 3 is 2.94 bits per heavy atom. The summed E-state index contributed by atoms with van der Waals surface area (Å²) >= 11 is 0. The van der Waals surface area contributed by atoms with Crippen LogP contribution in [0.15, 0.2) is 24.3 Å². The van der Waals surface area contributed by atoms with E-state index in [1.165, 1.54) is 4.80 Å². The summed E-state index contributed by atoms with van der Waals surface area (Å²) in [5.74, 6) is 5.09. The lowest BCUT2D eigenvalue weighted by Gasteiger charge is -1.99. The maximum absolute atomic E-state index is 11.0. The number of benzene rings is 1. The van der Waals surface area contributed by atoms with Crippen molar-refractivity contribution >= 4 is 5.91 Å². The third-order valence-electron chi connectivity index (χ3n) is 2.28. The highest BCUT2D eigenvalue weighted by Gasteiger charge is 2.09. The molecule has 0 spiro atoms. The smallest absolute Gasteiger partial charge is 0.257 e. The van der Waals surface area contributed by atoms with Gasteiger partial charge < -0.3 is 0 Å². The molecule has 0 saturated carbocycles. The van der Waals surface area contributed by atoms with Crippen molar-refractivity contribution in [2.24, 2.45) is 5.84 Å². The van der Waals surface area contributed by atoms with Crippen LogP contribution in [0, 0.1) is 6.92 Å². The van der Waals surface area contributed by atoms with E-state index in [2.05, 4.69) is 15.4 Å². The monoisotopic (exact) mass is 232 g/mol. The molecule has 17 heavy (non-hydrogen) atoms. The van der Waals surface area contributed by atoms with Crippen LogP contribution >= 0.6 is 0 Å². The van der Waals surface area contributed by atoms with Crippen LogP contribution in [0.4, 0.5) is 0 Å². The second kappa shape index (κ2) is 4.71. The lowest BCUT2D eigenvalue weighted by Crippen LogP contribution is -2.33. The molecular weight excluding hydrogens is 220 g/mol. The second-order valence-electron chi connectivity index (χ2n) is 3.53. The van der Waals surface area contributed by atoms with Gasteiger partial charge in [-0.15, -0.1) is 10.2 Å². The second-order valence-corrected chi connectivity index (χ2v) is 3.53. The number of nitrogens with one attached hydrogen (secondary N) is 1. The number of aryl methyl sites for hydroxylation is 1. The van der Waals surface area contributed by atoms with E-state index < -0.39 is 0 Å². The Balaban J connectivity index is 2.24. The predicted octanol–water partition coefficient (Wildman–Crippen LogP) is -0.362. The van der Waals surface area contributed by atoms with Gasteiger partial charge in [0.25, 0.3) is 5.91 Å². The first-order valence-corrected chi connectivity index (χ1v) is 5.04. The lowest BCUT2D eigenvalue weighted by molar-refractivity contribution is -0.122. The van der Waals surface area contributed by atoms with Crippen LogP contribution in [0.3, 0.4) is 0 Å². The molecule has 1 aromatic heterocycles. The molecule has 0 aliphatic carbocycles. The number of nitrogens with two attached hydrogens (primary N) is 1. The van der Waals surface area contributed by atoms with E-state index in [9.17, 15) is 4.79 Å². The minimum Gasteiger partial charge on any atom is -0.293 e. The number of aromatic nitrogens is 4. The first kappa shape index (κ1) is 11.2. The molecule has 3 N–H and O–H groups in total. The van der Waals surface area contributed by atoms with E-state index in [1.807, 2.05) is 36.6 Å². The van der Waals surface area contributed by atoms with E-state index in [0.717, 1.165) is 11.1 Å². The Labute approximate surface area is 97.6 Å². The number of carbonyl (C=O) groups is 1. The zero-order valence-corrected chi connectivity index (χ0v) is 9.29. The quantitative estimate of drug-likeness (QED) is 0.427. The van der Waals surface area contributed by atoms with E-state index in [-0.39, 0.29) is 12.5 Å². The van der Waals surface area contributed by atoms with Gasteiger partial charge in [-0.25, -0.2) is 5.84 Å². The van der Waals surface area contributed by atoms with Crippen molar-refractivity contribution in [2.75, 3.05) is 0 Å². The van der Waals surface area contributed by atoms with Gasteiger partial charge in [0, 0.05) is 5.56 Å². The van der Waals surface area contributed by atoms with Gasteiger partial charge in [-0.3, -0.25) is 10.2 Å². The highest BCUT2D eigenvalue weighted by Crippen LogP contribution is 2.17. The van der Waals surface area contributed by atoms with Crippen LogP contribution in [0.1, 0.15) is 5.56 Å². The van der Waals surface area contributed by atoms with Crippen LogP contribution in [0.5, 0.6) is 0 Å². The average Bonchev–Trinajstić information content (AvgIpc) is 2.78. The average molecular weight is 232 g/mol. The van der Waals surface area contributed by atoms with Gasteiger partial charge in [0.1, 0.15) is 6.54 Å². The van der Waals surface area contributed by atoms with Gasteiger partial charge in [0.2, 0.25) is 5.82 Å².